The number of carbonyl (C=O) groups is 2. The van der Waals surface area contributed by atoms with Gasteiger partial charge in [0.25, 0.3) is 0 Å². The molecule has 0 spiro atoms. The maximum Gasteiger partial charge on any atom is 0.407 e. The van der Waals surface area contributed by atoms with Gasteiger partial charge >= 0.3 is 12.1 Å². The van der Waals surface area contributed by atoms with E-state index in [1.165, 1.54) is 25.7 Å². The van der Waals surface area contributed by atoms with Crippen molar-refractivity contribution in [3.05, 3.63) is 13.8 Å². The average Bonchev–Trinajstić information content (AvgIpc) is 2.63. The van der Waals surface area contributed by atoms with Gasteiger partial charge in [-0.3, -0.25) is 4.79 Å². The Bertz CT molecular complexity index is 402. The summed E-state index contributed by atoms with van der Waals surface area (Å²) in [5, 5.41) is 2.81. The molecule has 6 nitrogen and oxygen atoms in total. The van der Waals surface area contributed by atoms with Crippen LogP contribution in [0.4, 0.5) is 4.79 Å². The maximum absolute atomic E-state index is 12.1. The number of rotatable bonds is 17. The van der Waals surface area contributed by atoms with Gasteiger partial charge in [0.05, 0.1) is 0 Å². The Morgan fingerprint density at radius 1 is 0.964 bits per heavy atom. The second kappa shape index (κ2) is 17.8. The average molecular weight is 399 g/mol. The highest BCUT2D eigenvalue weighted by atomic mass is 16.6. The Hall–Kier alpha value is -1.30. The lowest BCUT2D eigenvalue weighted by molar-refractivity contribution is -0.145. The summed E-state index contributed by atoms with van der Waals surface area (Å²) in [7, 11) is 2.01. The molecule has 28 heavy (non-hydrogen) atoms. The van der Waals surface area contributed by atoms with Crippen molar-refractivity contribution in [3.8, 4) is 0 Å². The predicted octanol–water partition coefficient (Wildman–Crippen LogP) is 4.53. The van der Waals surface area contributed by atoms with E-state index in [1.54, 1.807) is 0 Å². The molecule has 0 aliphatic rings. The minimum Gasteiger partial charge on any atom is -0.462 e. The van der Waals surface area contributed by atoms with Gasteiger partial charge in [-0.25, -0.2) is 4.79 Å². The summed E-state index contributed by atoms with van der Waals surface area (Å²) < 4.78 is 10.6. The number of ether oxygens (including phenoxy) is 2. The molecule has 0 aromatic rings. The second-order valence-electron chi connectivity index (χ2n) is 7.41. The van der Waals surface area contributed by atoms with E-state index in [4.69, 9.17) is 9.47 Å². The van der Waals surface area contributed by atoms with Crippen LogP contribution in [0.5, 0.6) is 0 Å². The molecule has 0 heterocycles. The molecule has 0 bridgehead atoms. The Morgan fingerprint density at radius 3 is 2.25 bits per heavy atom. The highest BCUT2D eigenvalue weighted by Crippen LogP contribution is 2.16. The molecule has 2 radical (unpaired) electrons. The molecule has 0 aliphatic heterocycles. The minimum atomic E-state index is -0.588. The fraction of sp³-hybridized carbons (Fsp3) is 0.818. The largest absolute Gasteiger partial charge is 0.462 e. The third-order valence-corrected chi connectivity index (χ3v) is 4.66. The first-order valence-corrected chi connectivity index (χ1v) is 10.9. The first-order chi connectivity index (χ1) is 13.4. The minimum absolute atomic E-state index is 0.168. The molecule has 6 heteroatoms. The van der Waals surface area contributed by atoms with Gasteiger partial charge in [-0.2, -0.15) is 0 Å². The van der Waals surface area contributed by atoms with E-state index in [0.29, 0.717) is 25.8 Å². The normalized spacial score (nSPS) is 12.2. The number of amides is 1. The van der Waals surface area contributed by atoms with E-state index in [0.717, 1.165) is 32.4 Å². The molecule has 1 N–H and O–H groups in total. The van der Waals surface area contributed by atoms with Crippen molar-refractivity contribution in [2.45, 2.75) is 90.3 Å². The van der Waals surface area contributed by atoms with Crippen LogP contribution >= 0.6 is 0 Å². The van der Waals surface area contributed by atoms with Crippen molar-refractivity contribution in [2.24, 2.45) is 0 Å². The standard InChI is InChI=1S/C22H42N2O4/c1-6-8-9-10-11-12-14-20(15-13-16-21(25)27-19(3)4)28-22(26)23-17-18-24(5)7-2/h19-20H,3-4,6-18H2,1-2,5H3,(H,23,26). The van der Waals surface area contributed by atoms with Crippen molar-refractivity contribution in [1.82, 2.24) is 10.2 Å². The smallest absolute Gasteiger partial charge is 0.407 e. The molecule has 0 rings (SSSR count). The van der Waals surface area contributed by atoms with Gasteiger partial charge in [0, 0.05) is 19.5 Å². The lowest BCUT2D eigenvalue weighted by Crippen LogP contribution is -2.35. The summed E-state index contributed by atoms with van der Waals surface area (Å²) >= 11 is 0. The van der Waals surface area contributed by atoms with Crippen molar-refractivity contribution >= 4 is 12.1 Å². The van der Waals surface area contributed by atoms with Crippen molar-refractivity contribution < 1.29 is 19.1 Å². The highest BCUT2D eigenvalue weighted by molar-refractivity contribution is 5.69. The number of esters is 1. The molecular formula is C22H42N2O4. The van der Waals surface area contributed by atoms with E-state index in [1.807, 2.05) is 7.05 Å². The number of nitrogens with zero attached hydrogens (tertiary/aromatic N) is 1. The van der Waals surface area contributed by atoms with Gasteiger partial charge in [-0.15, -0.1) is 0 Å². The molecule has 1 amide bonds. The molecular weight excluding hydrogens is 356 g/mol. The number of alkyl carbamates (subject to hydrolysis) is 1. The SMILES string of the molecule is [CH2]C([CH2])OC(=O)CCCC(CCCCCCCC)OC(=O)NCCN(C)CC. The third kappa shape index (κ3) is 16.8. The van der Waals surface area contributed by atoms with Crippen LogP contribution in [-0.2, 0) is 14.3 Å². The summed E-state index contributed by atoms with van der Waals surface area (Å²) in [6.07, 6.45) is 8.44. The van der Waals surface area contributed by atoms with E-state index in [9.17, 15) is 9.59 Å². The van der Waals surface area contributed by atoms with Crippen LogP contribution in [0.15, 0.2) is 0 Å². The monoisotopic (exact) mass is 398 g/mol. The quantitative estimate of drug-likeness (QED) is 0.288. The Balaban J connectivity index is 4.25. The lowest BCUT2D eigenvalue weighted by atomic mass is 10.0. The Morgan fingerprint density at radius 2 is 1.61 bits per heavy atom. The van der Waals surface area contributed by atoms with E-state index >= 15 is 0 Å². The molecule has 0 saturated carbocycles. The number of hydrogen-bond donors (Lipinski definition) is 1. The van der Waals surface area contributed by atoms with Crippen molar-refractivity contribution in [3.63, 3.8) is 0 Å². The molecule has 164 valence electrons. The van der Waals surface area contributed by atoms with Gasteiger partial charge < -0.3 is 19.7 Å². The fourth-order valence-corrected chi connectivity index (χ4v) is 2.83. The fourth-order valence-electron chi connectivity index (χ4n) is 2.83. The number of likely N-dealkylation sites (N-methyl/N-ethyl adjacent to an activating group) is 1. The summed E-state index contributed by atoms with van der Waals surface area (Å²) in [5.41, 5.74) is 0. The van der Waals surface area contributed by atoms with Gasteiger partial charge in [-0.1, -0.05) is 46.0 Å². The molecule has 0 saturated heterocycles. The van der Waals surface area contributed by atoms with Crippen LogP contribution < -0.4 is 5.32 Å². The summed E-state index contributed by atoms with van der Waals surface area (Å²) in [5.74, 6) is -0.305. The van der Waals surface area contributed by atoms with Gasteiger partial charge in [0.2, 0.25) is 0 Å². The zero-order valence-electron chi connectivity index (χ0n) is 18.3. The summed E-state index contributed by atoms with van der Waals surface area (Å²) in [6, 6.07) is 0. The van der Waals surface area contributed by atoms with Crippen LogP contribution in [0.2, 0.25) is 0 Å². The van der Waals surface area contributed by atoms with Gasteiger partial charge in [0.1, 0.15) is 12.2 Å². The lowest BCUT2D eigenvalue weighted by Gasteiger charge is -2.19. The Kier molecular flexibility index (Phi) is 16.9. The van der Waals surface area contributed by atoms with E-state index in [2.05, 4.69) is 37.9 Å². The topological polar surface area (TPSA) is 67.9 Å². The number of unbranched alkanes of at least 4 members (excludes halogenated alkanes) is 5. The molecule has 0 aromatic carbocycles. The molecule has 1 atom stereocenters. The summed E-state index contributed by atoms with van der Waals surface area (Å²) in [6.45, 7) is 13.7. The van der Waals surface area contributed by atoms with Crippen LogP contribution in [0, 0.1) is 13.8 Å². The van der Waals surface area contributed by atoms with Crippen molar-refractivity contribution in [1.29, 1.82) is 0 Å². The first-order valence-electron chi connectivity index (χ1n) is 10.9. The number of carbonyl (C=O) groups excluding carboxylic acids is 2. The highest BCUT2D eigenvalue weighted by Gasteiger charge is 2.15. The van der Waals surface area contributed by atoms with Crippen LogP contribution in [0.3, 0.4) is 0 Å². The summed E-state index contributed by atoms with van der Waals surface area (Å²) in [4.78, 5) is 25.8. The molecule has 1 unspecified atom stereocenters. The second-order valence-corrected chi connectivity index (χ2v) is 7.41. The van der Waals surface area contributed by atoms with Crippen molar-refractivity contribution in [2.75, 3.05) is 26.7 Å². The first kappa shape index (κ1) is 26.7. The predicted molar refractivity (Wildman–Crippen MR) is 114 cm³/mol. The molecule has 0 aliphatic carbocycles. The van der Waals surface area contributed by atoms with E-state index < -0.39 is 6.10 Å². The molecule has 0 fully saturated rings. The van der Waals surface area contributed by atoms with E-state index in [-0.39, 0.29) is 18.2 Å². The zero-order valence-corrected chi connectivity index (χ0v) is 18.3. The molecule has 0 aromatic heterocycles. The Labute approximate surface area is 172 Å². The third-order valence-electron chi connectivity index (χ3n) is 4.66. The van der Waals surface area contributed by atoms with Crippen LogP contribution in [0.25, 0.3) is 0 Å². The van der Waals surface area contributed by atoms with Gasteiger partial charge in [-0.05, 0) is 53.1 Å². The van der Waals surface area contributed by atoms with Crippen LogP contribution in [0.1, 0.15) is 78.1 Å². The zero-order chi connectivity index (χ0) is 21.2. The number of nitrogens with one attached hydrogen (secondary N) is 1. The van der Waals surface area contributed by atoms with Crippen LogP contribution in [-0.4, -0.2) is 55.9 Å². The van der Waals surface area contributed by atoms with Gasteiger partial charge in [0.15, 0.2) is 0 Å². The maximum atomic E-state index is 12.1. The number of hydrogen-bond acceptors (Lipinski definition) is 5.